The molecule has 6 rings (SSSR count). The molecular formula is C34H35ClF2N8O3. The molecule has 0 aliphatic carbocycles. The van der Waals surface area contributed by atoms with Crippen LogP contribution in [0.3, 0.4) is 0 Å². The topological polar surface area (TPSA) is 142 Å². The molecule has 250 valence electrons. The molecule has 1 aromatic carbocycles. The Labute approximate surface area is 281 Å². The summed E-state index contributed by atoms with van der Waals surface area (Å²) in [7, 11) is 1.53. The molecular weight excluding hydrogens is 642 g/mol. The van der Waals surface area contributed by atoms with Gasteiger partial charge in [0.05, 0.1) is 29.2 Å². The number of carbonyl (C=O) groups is 2. The maximum Gasteiger partial charge on any atom is 0.220 e. The van der Waals surface area contributed by atoms with E-state index >= 15 is 8.78 Å². The summed E-state index contributed by atoms with van der Waals surface area (Å²) in [5.74, 6) is -0.954. The fourth-order valence-electron chi connectivity index (χ4n) is 5.83. The summed E-state index contributed by atoms with van der Waals surface area (Å²) in [5.41, 5.74) is 2.49. The molecule has 0 bridgehead atoms. The highest BCUT2D eigenvalue weighted by Gasteiger charge is 2.23. The fourth-order valence-corrected chi connectivity index (χ4v) is 6.14. The Kier molecular flexibility index (Phi) is 10.4. The summed E-state index contributed by atoms with van der Waals surface area (Å²) in [6, 6.07) is 11.7. The fraction of sp³-hybridized carbons (Fsp3) is 0.324. The molecule has 2 aliphatic rings. The zero-order valence-electron chi connectivity index (χ0n) is 26.2. The minimum absolute atomic E-state index is 0.00485. The number of hydrogen-bond acceptors (Lipinski definition) is 9. The number of amides is 2. The molecule has 5 heterocycles. The van der Waals surface area contributed by atoms with Crippen LogP contribution in [0.1, 0.15) is 36.8 Å². The number of pyridine rings is 3. The minimum Gasteiger partial charge on any atom is -0.481 e. The van der Waals surface area contributed by atoms with Gasteiger partial charge in [-0.2, -0.15) is 0 Å². The van der Waals surface area contributed by atoms with Gasteiger partial charge in [-0.1, -0.05) is 23.7 Å². The Morgan fingerprint density at radius 2 is 1.54 bits per heavy atom. The Balaban J connectivity index is 1.17. The third-order valence-corrected chi connectivity index (χ3v) is 8.74. The molecule has 2 unspecified atom stereocenters. The van der Waals surface area contributed by atoms with Crippen LogP contribution >= 0.6 is 11.6 Å². The molecule has 0 spiro atoms. The first-order valence-electron chi connectivity index (χ1n) is 15.7. The quantitative estimate of drug-likeness (QED) is 0.137. The van der Waals surface area contributed by atoms with E-state index in [2.05, 4.69) is 41.5 Å². The third kappa shape index (κ3) is 7.53. The number of halogens is 3. The van der Waals surface area contributed by atoms with E-state index in [0.717, 1.165) is 18.4 Å². The van der Waals surface area contributed by atoms with Gasteiger partial charge in [0.2, 0.25) is 17.7 Å². The number of rotatable bonds is 13. The van der Waals surface area contributed by atoms with Crippen LogP contribution in [0, 0.1) is 11.6 Å². The summed E-state index contributed by atoms with van der Waals surface area (Å²) in [6.07, 6.45) is 5.52. The lowest BCUT2D eigenvalue weighted by atomic mass is 10.0. The lowest BCUT2D eigenvalue weighted by Crippen LogP contribution is -2.35. The van der Waals surface area contributed by atoms with E-state index in [4.69, 9.17) is 16.3 Å². The van der Waals surface area contributed by atoms with E-state index in [-0.39, 0.29) is 58.2 Å². The maximum atomic E-state index is 16.0. The van der Waals surface area contributed by atoms with Crippen LogP contribution in [0.2, 0.25) is 5.02 Å². The average molecular weight is 677 g/mol. The van der Waals surface area contributed by atoms with Crippen LogP contribution in [-0.2, 0) is 22.7 Å². The van der Waals surface area contributed by atoms with Gasteiger partial charge in [0.15, 0.2) is 17.5 Å². The van der Waals surface area contributed by atoms with Gasteiger partial charge in [-0.15, -0.1) is 0 Å². The second-order valence-corrected chi connectivity index (χ2v) is 12.1. The Morgan fingerprint density at radius 3 is 2.21 bits per heavy atom. The molecule has 2 aliphatic heterocycles. The van der Waals surface area contributed by atoms with Crippen LogP contribution in [0.4, 0.5) is 20.3 Å². The van der Waals surface area contributed by atoms with Crippen LogP contribution in [0.5, 0.6) is 5.88 Å². The lowest BCUT2D eigenvalue weighted by molar-refractivity contribution is -0.120. The van der Waals surface area contributed by atoms with Crippen LogP contribution in [0.15, 0.2) is 54.9 Å². The van der Waals surface area contributed by atoms with E-state index in [0.29, 0.717) is 55.2 Å². The van der Waals surface area contributed by atoms with Crippen molar-refractivity contribution in [1.82, 2.24) is 36.2 Å². The van der Waals surface area contributed by atoms with Crippen molar-refractivity contribution in [1.29, 1.82) is 0 Å². The molecule has 5 N–H and O–H groups in total. The minimum atomic E-state index is -0.684. The number of methoxy groups -OCH3 is 1. The molecule has 11 nitrogen and oxygen atoms in total. The number of carbonyl (C=O) groups excluding carboxylic acids is 2. The summed E-state index contributed by atoms with van der Waals surface area (Å²) in [4.78, 5) is 36.0. The van der Waals surface area contributed by atoms with Crippen molar-refractivity contribution in [2.24, 2.45) is 0 Å². The van der Waals surface area contributed by atoms with Crippen molar-refractivity contribution in [2.45, 2.75) is 50.9 Å². The van der Waals surface area contributed by atoms with Crippen molar-refractivity contribution in [3.63, 3.8) is 0 Å². The highest BCUT2D eigenvalue weighted by atomic mass is 35.5. The van der Waals surface area contributed by atoms with Crippen molar-refractivity contribution in [2.75, 3.05) is 25.5 Å². The predicted molar refractivity (Wildman–Crippen MR) is 178 cm³/mol. The number of aromatic nitrogens is 3. The zero-order valence-corrected chi connectivity index (χ0v) is 27.0. The van der Waals surface area contributed by atoms with E-state index in [1.54, 1.807) is 30.3 Å². The molecule has 4 aromatic rings. The van der Waals surface area contributed by atoms with Crippen molar-refractivity contribution >= 4 is 34.9 Å². The van der Waals surface area contributed by atoms with Crippen molar-refractivity contribution in [3.8, 4) is 28.4 Å². The number of hydrogen-bond donors (Lipinski definition) is 5. The zero-order chi connectivity index (χ0) is 33.6. The summed E-state index contributed by atoms with van der Waals surface area (Å²) in [6.45, 7) is 1.83. The molecule has 3 aromatic heterocycles. The van der Waals surface area contributed by atoms with Gasteiger partial charge in [0, 0.05) is 85.8 Å². The van der Waals surface area contributed by atoms with Crippen molar-refractivity contribution in [3.05, 3.63) is 82.6 Å². The van der Waals surface area contributed by atoms with E-state index < -0.39 is 11.6 Å². The second-order valence-electron chi connectivity index (χ2n) is 11.7. The van der Waals surface area contributed by atoms with Gasteiger partial charge in [0.25, 0.3) is 0 Å². The molecule has 2 amide bonds. The van der Waals surface area contributed by atoms with Crippen LogP contribution in [-0.4, -0.2) is 59.0 Å². The van der Waals surface area contributed by atoms with Gasteiger partial charge >= 0.3 is 0 Å². The summed E-state index contributed by atoms with van der Waals surface area (Å²) < 4.78 is 37.0. The first kappa shape index (κ1) is 33.2. The SMILES string of the molecule is COc1nc(-c2ccnc(-c3cccc(Nc4nccc(CNCC5CCC(=O)N5)c4F)c3F)c2Cl)ccc1CNCC1CCC(=O)N1. The normalized spacial score (nSPS) is 17.3. The van der Waals surface area contributed by atoms with Gasteiger partial charge in [-0.25, -0.2) is 18.7 Å². The smallest absolute Gasteiger partial charge is 0.220 e. The molecule has 2 fully saturated rings. The van der Waals surface area contributed by atoms with Crippen molar-refractivity contribution < 1.29 is 23.1 Å². The number of nitrogens with zero attached hydrogens (tertiary/aromatic N) is 3. The summed E-state index contributed by atoms with van der Waals surface area (Å²) >= 11 is 6.84. The molecule has 14 heteroatoms. The first-order valence-corrected chi connectivity index (χ1v) is 16.1. The number of anilines is 2. The molecule has 2 atom stereocenters. The molecule has 0 radical (unpaired) electrons. The van der Waals surface area contributed by atoms with Gasteiger partial charge in [-0.05, 0) is 43.2 Å². The monoisotopic (exact) mass is 676 g/mol. The first-order chi connectivity index (χ1) is 23.3. The number of benzene rings is 1. The van der Waals surface area contributed by atoms with E-state index in [9.17, 15) is 9.59 Å². The van der Waals surface area contributed by atoms with E-state index in [1.165, 1.54) is 25.6 Å². The Morgan fingerprint density at radius 1 is 0.854 bits per heavy atom. The lowest BCUT2D eigenvalue weighted by Gasteiger charge is -2.15. The highest BCUT2D eigenvalue weighted by molar-refractivity contribution is 6.35. The number of ether oxygens (including phenoxy) is 1. The highest BCUT2D eigenvalue weighted by Crippen LogP contribution is 2.38. The van der Waals surface area contributed by atoms with Gasteiger partial charge in [-0.3, -0.25) is 14.6 Å². The second kappa shape index (κ2) is 15.0. The molecule has 2 saturated heterocycles. The standard InChI is InChI=1S/C34H35ClF2N8O3/c1-48-34-20(16-39-18-22-7-10-28(47)43-22)5-8-25(45-34)23-12-14-40-32(29(23)35)24-3-2-4-26(31(24)37)44-33-30(36)19(11-13-41-33)15-38-17-21-6-9-27(46)42-21/h2-5,8,11-14,21-22,38-39H,6-7,9-10,15-18H2,1H3,(H,41,44)(H,42,46)(H,43,47). The Bertz CT molecular complexity index is 1830. The largest absolute Gasteiger partial charge is 0.481 e. The van der Waals surface area contributed by atoms with E-state index in [1.807, 2.05) is 6.07 Å². The van der Waals surface area contributed by atoms with Gasteiger partial charge in [0.1, 0.15) is 0 Å². The molecule has 48 heavy (non-hydrogen) atoms. The van der Waals surface area contributed by atoms with Crippen LogP contribution in [0.25, 0.3) is 22.5 Å². The number of nitrogens with one attached hydrogen (secondary N) is 5. The molecule has 0 saturated carbocycles. The van der Waals surface area contributed by atoms with Gasteiger partial charge < -0.3 is 31.3 Å². The maximum absolute atomic E-state index is 16.0. The summed E-state index contributed by atoms with van der Waals surface area (Å²) in [5, 5.41) is 15.3. The Hall–Kier alpha value is -4.72. The predicted octanol–water partition coefficient (Wildman–Crippen LogP) is 4.63. The third-order valence-electron chi connectivity index (χ3n) is 8.36. The average Bonchev–Trinajstić information content (AvgIpc) is 3.70. The van der Waals surface area contributed by atoms with Crippen LogP contribution < -0.4 is 31.3 Å².